The highest BCUT2D eigenvalue weighted by Gasteiger charge is 2.08. The molecule has 0 bridgehead atoms. The number of unbranched alkanes of at least 4 members (excludes halogenated alkanes) is 1. The number of hydrogen-bond acceptors (Lipinski definition) is 2. The first kappa shape index (κ1) is 17.6. The SMILES string of the molecule is ClCCCCc1ccc(OCCCN2CCCCCC2)cc1. The summed E-state index contributed by atoms with van der Waals surface area (Å²) in [7, 11) is 0. The molecule has 0 atom stereocenters. The van der Waals surface area contributed by atoms with Crippen molar-refractivity contribution in [3.63, 3.8) is 0 Å². The fraction of sp³-hybridized carbons (Fsp3) is 0.684. The molecule has 2 nitrogen and oxygen atoms in total. The minimum atomic E-state index is 0.762. The van der Waals surface area contributed by atoms with Gasteiger partial charge in [-0.2, -0.15) is 0 Å². The number of alkyl halides is 1. The molecule has 1 aliphatic rings. The number of aryl methyl sites for hydroxylation is 1. The van der Waals surface area contributed by atoms with Crippen molar-refractivity contribution in [1.29, 1.82) is 0 Å². The molecule has 1 heterocycles. The van der Waals surface area contributed by atoms with Gasteiger partial charge in [0.25, 0.3) is 0 Å². The normalized spacial score (nSPS) is 16.4. The first-order valence-corrected chi connectivity index (χ1v) is 9.42. The van der Waals surface area contributed by atoms with E-state index in [1.54, 1.807) is 0 Å². The number of rotatable bonds is 9. The van der Waals surface area contributed by atoms with Gasteiger partial charge in [0.2, 0.25) is 0 Å². The molecule has 0 radical (unpaired) electrons. The molecule has 0 saturated carbocycles. The predicted octanol–water partition coefficient (Wildman–Crippen LogP) is 4.89. The van der Waals surface area contributed by atoms with Gasteiger partial charge in [0.05, 0.1) is 6.61 Å². The van der Waals surface area contributed by atoms with Crippen LogP contribution in [0.4, 0.5) is 0 Å². The quantitative estimate of drug-likeness (QED) is 0.474. The Hall–Kier alpha value is -0.730. The van der Waals surface area contributed by atoms with Crippen molar-refractivity contribution in [2.24, 2.45) is 0 Å². The minimum absolute atomic E-state index is 0.762. The van der Waals surface area contributed by atoms with Gasteiger partial charge in [0.15, 0.2) is 0 Å². The van der Waals surface area contributed by atoms with Gasteiger partial charge >= 0.3 is 0 Å². The number of benzene rings is 1. The molecule has 1 aromatic rings. The number of nitrogens with zero attached hydrogens (tertiary/aromatic N) is 1. The molecule has 0 amide bonds. The van der Waals surface area contributed by atoms with E-state index < -0.39 is 0 Å². The fourth-order valence-electron chi connectivity index (χ4n) is 3.01. The van der Waals surface area contributed by atoms with Gasteiger partial charge < -0.3 is 9.64 Å². The predicted molar refractivity (Wildman–Crippen MR) is 95.1 cm³/mol. The van der Waals surface area contributed by atoms with Crippen LogP contribution >= 0.6 is 11.6 Å². The van der Waals surface area contributed by atoms with Crippen molar-refractivity contribution in [3.8, 4) is 5.75 Å². The average molecular weight is 324 g/mol. The molecule has 0 spiro atoms. The zero-order valence-electron chi connectivity index (χ0n) is 13.7. The van der Waals surface area contributed by atoms with Gasteiger partial charge in [-0.05, 0) is 69.3 Å². The molecule has 0 N–H and O–H groups in total. The molecule has 1 aromatic carbocycles. The molecule has 0 aromatic heterocycles. The van der Waals surface area contributed by atoms with Crippen LogP contribution in [0.2, 0.25) is 0 Å². The van der Waals surface area contributed by atoms with Crippen LogP contribution in [0.1, 0.15) is 50.5 Å². The standard InChI is InChI=1S/C19H30ClNO/c20-13-4-3-8-18-9-11-19(12-10-18)22-17-7-16-21-14-5-1-2-6-15-21/h9-12H,1-8,13-17H2. The van der Waals surface area contributed by atoms with E-state index in [1.165, 1.54) is 57.3 Å². The van der Waals surface area contributed by atoms with Gasteiger partial charge in [-0.25, -0.2) is 0 Å². The Morgan fingerprint density at radius 1 is 0.909 bits per heavy atom. The smallest absolute Gasteiger partial charge is 0.119 e. The highest BCUT2D eigenvalue weighted by Crippen LogP contribution is 2.15. The van der Waals surface area contributed by atoms with Crippen LogP contribution in [0.25, 0.3) is 0 Å². The van der Waals surface area contributed by atoms with Crippen LogP contribution in [-0.4, -0.2) is 37.0 Å². The lowest BCUT2D eigenvalue weighted by molar-refractivity contribution is 0.240. The Morgan fingerprint density at radius 3 is 2.32 bits per heavy atom. The van der Waals surface area contributed by atoms with E-state index in [0.29, 0.717) is 0 Å². The molecule has 22 heavy (non-hydrogen) atoms. The summed E-state index contributed by atoms with van der Waals surface area (Å²) in [5, 5.41) is 0. The molecule has 1 saturated heterocycles. The van der Waals surface area contributed by atoms with Crippen molar-refractivity contribution in [3.05, 3.63) is 29.8 Å². The highest BCUT2D eigenvalue weighted by atomic mass is 35.5. The van der Waals surface area contributed by atoms with E-state index in [4.69, 9.17) is 16.3 Å². The van der Waals surface area contributed by atoms with Gasteiger partial charge in [-0.1, -0.05) is 25.0 Å². The van der Waals surface area contributed by atoms with Crippen LogP contribution < -0.4 is 4.74 Å². The third-order valence-corrected chi connectivity index (χ3v) is 4.63. The highest BCUT2D eigenvalue weighted by molar-refractivity contribution is 6.17. The molecule has 3 heteroatoms. The van der Waals surface area contributed by atoms with Crippen molar-refractivity contribution in [2.45, 2.75) is 51.4 Å². The maximum Gasteiger partial charge on any atom is 0.119 e. The topological polar surface area (TPSA) is 12.5 Å². The summed E-state index contributed by atoms with van der Waals surface area (Å²) < 4.78 is 5.86. The van der Waals surface area contributed by atoms with E-state index in [2.05, 4.69) is 29.2 Å². The molecule has 124 valence electrons. The van der Waals surface area contributed by atoms with Crippen molar-refractivity contribution in [2.75, 3.05) is 32.1 Å². The van der Waals surface area contributed by atoms with Crippen LogP contribution in [0.15, 0.2) is 24.3 Å². The summed E-state index contributed by atoms with van der Waals surface area (Å²) in [5.41, 5.74) is 1.38. The molecular weight excluding hydrogens is 294 g/mol. The monoisotopic (exact) mass is 323 g/mol. The number of halogens is 1. The third kappa shape index (κ3) is 7.02. The van der Waals surface area contributed by atoms with Crippen molar-refractivity contribution >= 4 is 11.6 Å². The average Bonchev–Trinajstić information content (AvgIpc) is 2.82. The van der Waals surface area contributed by atoms with Gasteiger partial charge in [-0.15, -0.1) is 11.6 Å². The second-order valence-corrected chi connectivity index (χ2v) is 6.63. The first-order chi connectivity index (χ1) is 10.9. The summed E-state index contributed by atoms with van der Waals surface area (Å²) in [6.45, 7) is 4.55. The van der Waals surface area contributed by atoms with E-state index in [0.717, 1.165) is 37.5 Å². The fourth-order valence-corrected chi connectivity index (χ4v) is 3.20. The van der Waals surface area contributed by atoms with Crippen molar-refractivity contribution in [1.82, 2.24) is 4.90 Å². The maximum absolute atomic E-state index is 5.86. The molecular formula is C19H30ClNO. The molecule has 2 rings (SSSR count). The molecule has 0 unspecified atom stereocenters. The Morgan fingerprint density at radius 2 is 1.64 bits per heavy atom. The molecule has 1 aliphatic heterocycles. The van der Waals surface area contributed by atoms with Crippen LogP contribution in [0.3, 0.4) is 0 Å². The van der Waals surface area contributed by atoms with E-state index in [1.807, 2.05) is 0 Å². The van der Waals surface area contributed by atoms with Gasteiger partial charge in [0.1, 0.15) is 5.75 Å². The maximum atomic E-state index is 5.86. The van der Waals surface area contributed by atoms with Crippen LogP contribution in [0.5, 0.6) is 5.75 Å². The summed E-state index contributed by atoms with van der Waals surface area (Å²) in [5.74, 6) is 1.76. The molecule has 1 fully saturated rings. The third-order valence-electron chi connectivity index (χ3n) is 4.36. The zero-order chi connectivity index (χ0) is 15.5. The summed E-state index contributed by atoms with van der Waals surface area (Å²) in [4.78, 5) is 2.59. The van der Waals surface area contributed by atoms with Gasteiger partial charge in [-0.3, -0.25) is 0 Å². The van der Waals surface area contributed by atoms with Crippen LogP contribution in [-0.2, 0) is 6.42 Å². The Labute approximate surface area is 140 Å². The molecule has 0 aliphatic carbocycles. The Kier molecular flexibility index (Phi) is 8.74. The lowest BCUT2D eigenvalue weighted by atomic mass is 10.1. The lowest BCUT2D eigenvalue weighted by Crippen LogP contribution is -2.26. The summed E-state index contributed by atoms with van der Waals surface area (Å²) in [6, 6.07) is 8.56. The first-order valence-electron chi connectivity index (χ1n) is 8.88. The number of ether oxygens (including phenoxy) is 1. The van der Waals surface area contributed by atoms with E-state index in [-0.39, 0.29) is 0 Å². The Bertz CT molecular complexity index is 385. The second-order valence-electron chi connectivity index (χ2n) is 6.25. The number of likely N-dealkylation sites (tertiary alicyclic amines) is 1. The van der Waals surface area contributed by atoms with Crippen LogP contribution in [0, 0.1) is 0 Å². The van der Waals surface area contributed by atoms with E-state index in [9.17, 15) is 0 Å². The summed E-state index contributed by atoms with van der Waals surface area (Å²) in [6.07, 6.45) is 10.0. The second kappa shape index (κ2) is 10.9. The van der Waals surface area contributed by atoms with E-state index >= 15 is 0 Å². The lowest BCUT2D eigenvalue weighted by Gasteiger charge is -2.19. The zero-order valence-corrected chi connectivity index (χ0v) is 14.5. The van der Waals surface area contributed by atoms with Gasteiger partial charge in [0, 0.05) is 12.4 Å². The minimum Gasteiger partial charge on any atom is -0.494 e. The summed E-state index contributed by atoms with van der Waals surface area (Å²) >= 11 is 5.71. The Balaban J connectivity index is 1.60. The largest absolute Gasteiger partial charge is 0.494 e. The number of hydrogen-bond donors (Lipinski definition) is 0. The van der Waals surface area contributed by atoms with Crippen molar-refractivity contribution < 1.29 is 4.74 Å².